The summed E-state index contributed by atoms with van der Waals surface area (Å²) in [5.41, 5.74) is -0.0370. The highest BCUT2D eigenvalue weighted by Crippen LogP contribution is 2.22. The third-order valence-electron chi connectivity index (χ3n) is 4.11. The van der Waals surface area contributed by atoms with Gasteiger partial charge in [-0.1, -0.05) is 18.2 Å². The number of aromatic nitrogens is 3. The van der Waals surface area contributed by atoms with Crippen molar-refractivity contribution < 1.29 is 14.5 Å². The summed E-state index contributed by atoms with van der Waals surface area (Å²) in [6, 6.07) is 10.6. The highest BCUT2D eigenvalue weighted by atomic mass is 16.6. The Kier molecular flexibility index (Phi) is 5.63. The number of para-hydroxylation sites is 2. The largest absolute Gasteiger partial charge is 0.481 e. The van der Waals surface area contributed by atoms with Gasteiger partial charge >= 0.3 is 0 Å². The Morgan fingerprint density at radius 1 is 1.28 bits per heavy atom. The number of ether oxygens (including phenoxy) is 1. The van der Waals surface area contributed by atoms with E-state index >= 15 is 0 Å². The van der Waals surface area contributed by atoms with Gasteiger partial charge in [-0.3, -0.25) is 19.7 Å². The molecule has 0 spiro atoms. The van der Waals surface area contributed by atoms with E-state index in [0.29, 0.717) is 17.1 Å². The van der Waals surface area contributed by atoms with Crippen molar-refractivity contribution in [3.63, 3.8) is 0 Å². The minimum atomic E-state index is -0.715. The number of nitrogens with zero attached hydrogens (tertiary/aromatic N) is 4. The van der Waals surface area contributed by atoms with Crippen LogP contribution in [0.1, 0.15) is 21.7 Å². The molecule has 0 fully saturated rings. The molecule has 1 aromatic carbocycles. The van der Waals surface area contributed by atoms with E-state index in [0.717, 1.165) is 0 Å². The zero-order valence-corrected chi connectivity index (χ0v) is 15.7. The molecule has 2 heterocycles. The number of hydrogen-bond acceptors (Lipinski definition) is 7. The SMILES string of the molecule is COc1ncccc1CNC(=O)c1nn(-c2ccccc2[N+](=O)[O-])c(C)cc1=O. The van der Waals surface area contributed by atoms with Gasteiger partial charge in [-0.15, -0.1) is 0 Å². The summed E-state index contributed by atoms with van der Waals surface area (Å²) in [5, 5.41) is 18.0. The predicted molar refractivity (Wildman–Crippen MR) is 103 cm³/mol. The fraction of sp³-hybridized carbons (Fsp3) is 0.158. The van der Waals surface area contributed by atoms with E-state index in [4.69, 9.17) is 4.74 Å². The Labute approximate surface area is 164 Å². The predicted octanol–water partition coefficient (Wildman–Crippen LogP) is 1.78. The van der Waals surface area contributed by atoms with Crippen molar-refractivity contribution in [2.24, 2.45) is 0 Å². The number of nitro benzene ring substituents is 1. The summed E-state index contributed by atoms with van der Waals surface area (Å²) in [5.74, 6) is -0.366. The lowest BCUT2D eigenvalue weighted by Gasteiger charge is -2.12. The van der Waals surface area contributed by atoms with Gasteiger partial charge in [0.1, 0.15) is 5.69 Å². The number of rotatable bonds is 6. The van der Waals surface area contributed by atoms with Crippen LogP contribution in [0, 0.1) is 17.0 Å². The molecule has 10 heteroatoms. The molecular formula is C19H17N5O5. The molecule has 0 unspecified atom stereocenters. The topological polar surface area (TPSA) is 129 Å². The quantitative estimate of drug-likeness (QED) is 0.497. The summed E-state index contributed by atoms with van der Waals surface area (Å²) in [6.07, 6.45) is 1.55. The van der Waals surface area contributed by atoms with E-state index in [1.165, 1.54) is 36.1 Å². The molecule has 148 valence electrons. The number of hydrogen-bond donors (Lipinski definition) is 1. The Morgan fingerprint density at radius 3 is 2.76 bits per heavy atom. The van der Waals surface area contributed by atoms with Gasteiger partial charge in [-0.2, -0.15) is 5.10 Å². The molecule has 0 saturated carbocycles. The van der Waals surface area contributed by atoms with Gasteiger partial charge in [0.25, 0.3) is 11.6 Å². The highest BCUT2D eigenvalue weighted by molar-refractivity contribution is 5.92. The Hall–Kier alpha value is -4.08. The van der Waals surface area contributed by atoms with Crippen LogP contribution in [-0.2, 0) is 6.54 Å². The van der Waals surface area contributed by atoms with Crippen molar-refractivity contribution in [1.29, 1.82) is 0 Å². The standard InChI is InChI=1S/C19H17N5O5/c1-12-10-16(25)17(18(26)21-11-13-6-5-9-20-19(13)29-2)22-23(12)14-7-3-4-8-15(14)24(27)28/h3-10H,11H2,1-2H3,(H,21,26). The first-order valence-corrected chi connectivity index (χ1v) is 8.53. The van der Waals surface area contributed by atoms with E-state index in [1.807, 2.05) is 0 Å². The third-order valence-corrected chi connectivity index (χ3v) is 4.11. The van der Waals surface area contributed by atoms with Gasteiger partial charge in [0.2, 0.25) is 11.3 Å². The van der Waals surface area contributed by atoms with Crippen LogP contribution in [0.3, 0.4) is 0 Å². The van der Waals surface area contributed by atoms with Gasteiger partial charge in [-0.25, -0.2) is 9.67 Å². The average molecular weight is 395 g/mol. The molecule has 3 rings (SSSR count). The molecule has 0 bridgehead atoms. The molecule has 2 aromatic heterocycles. The van der Waals surface area contributed by atoms with Crippen LogP contribution in [-0.4, -0.2) is 32.7 Å². The fourth-order valence-electron chi connectivity index (χ4n) is 2.75. The number of carbonyl (C=O) groups is 1. The zero-order valence-electron chi connectivity index (χ0n) is 15.7. The fourth-order valence-corrected chi connectivity index (χ4v) is 2.75. The number of nitrogens with one attached hydrogen (secondary N) is 1. The molecule has 1 N–H and O–H groups in total. The minimum absolute atomic E-state index is 0.0658. The molecule has 0 saturated heterocycles. The average Bonchev–Trinajstić information content (AvgIpc) is 2.72. The summed E-state index contributed by atoms with van der Waals surface area (Å²) in [7, 11) is 1.46. The van der Waals surface area contributed by atoms with Crippen LogP contribution >= 0.6 is 0 Å². The van der Waals surface area contributed by atoms with E-state index < -0.39 is 16.3 Å². The van der Waals surface area contributed by atoms with Gasteiger partial charge < -0.3 is 10.1 Å². The molecule has 29 heavy (non-hydrogen) atoms. The van der Waals surface area contributed by atoms with Gasteiger partial charge in [0.15, 0.2) is 5.69 Å². The van der Waals surface area contributed by atoms with Crippen LogP contribution in [0.4, 0.5) is 5.69 Å². The Morgan fingerprint density at radius 2 is 2.03 bits per heavy atom. The smallest absolute Gasteiger partial charge is 0.294 e. The van der Waals surface area contributed by atoms with Crippen molar-refractivity contribution in [3.8, 4) is 11.6 Å². The maximum Gasteiger partial charge on any atom is 0.294 e. The van der Waals surface area contributed by atoms with Crippen molar-refractivity contribution in [2.45, 2.75) is 13.5 Å². The second kappa shape index (κ2) is 8.30. The van der Waals surface area contributed by atoms with Crippen LogP contribution in [0.2, 0.25) is 0 Å². The third kappa shape index (κ3) is 4.10. The number of carbonyl (C=O) groups excluding carboxylic acids is 1. The number of nitro groups is 1. The number of benzene rings is 1. The molecule has 0 atom stereocenters. The van der Waals surface area contributed by atoms with E-state index in [-0.39, 0.29) is 23.6 Å². The normalized spacial score (nSPS) is 10.4. The molecule has 0 aliphatic carbocycles. The van der Waals surface area contributed by atoms with Crippen molar-refractivity contribution in [2.75, 3.05) is 7.11 Å². The molecule has 10 nitrogen and oxygen atoms in total. The first kappa shape index (κ1) is 19.7. The van der Waals surface area contributed by atoms with Crippen molar-refractivity contribution in [1.82, 2.24) is 20.1 Å². The molecule has 1 amide bonds. The van der Waals surface area contributed by atoms with E-state index in [1.54, 1.807) is 31.3 Å². The lowest BCUT2D eigenvalue weighted by molar-refractivity contribution is -0.384. The van der Waals surface area contributed by atoms with Gasteiger partial charge in [0.05, 0.1) is 12.0 Å². The lowest BCUT2D eigenvalue weighted by atomic mass is 10.2. The first-order valence-electron chi connectivity index (χ1n) is 8.53. The molecule has 0 aliphatic rings. The zero-order chi connectivity index (χ0) is 21.0. The number of amides is 1. The summed E-state index contributed by atoms with van der Waals surface area (Å²) < 4.78 is 6.34. The maximum atomic E-state index is 12.6. The van der Waals surface area contributed by atoms with Crippen molar-refractivity contribution in [3.05, 3.63) is 86.0 Å². The summed E-state index contributed by atoms with van der Waals surface area (Å²) in [4.78, 5) is 39.7. The number of methoxy groups -OCH3 is 1. The summed E-state index contributed by atoms with van der Waals surface area (Å²) in [6.45, 7) is 1.64. The highest BCUT2D eigenvalue weighted by Gasteiger charge is 2.20. The van der Waals surface area contributed by atoms with Gasteiger partial charge in [-0.05, 0) is 19.1 Å². The van der Waals surface area contributed by atoms with Gasteiger partial charge in [0, 0.05) is 36.1 Å². The first-order chi connectivity index (χ1) is 13.9. The lowest BCUT2D eigenvalue weighted by Crippen LogP contribution is -2.31. The monoisotopic (exact) mass is 395 g/mol. The van der Waals surface area contributed by atoms with E-state index in [2.05, 4.69) is 15.4 Å². The van der Waals surface area contributed by atoms with Crippen LogP contribution in [0.5, 0.6) is 5.88 Å². The summed E-state index contributed by atoms with van der Waals surface area (Å²) >= 11 is 0. The van der Waals surface area contributed by atoms with Crippen LogP contribution < -0.4 is 15.5 Å². The maximum absolute atomic E-state index is 12.6. The van der Waals surface area contributed by atoms with Crippen molar-refractivity contribution >= 4 is 11.6 Å². The molecule has 3 aromatic rings. The van der Waals surface area contributed by atoms with Crippen LogP contribution in [0.25, 0.3) is 5.69 Å². The molecule has 0 radical (unpaired) electrons. The Bertz CT molecular complexity index is 1140. The minimum Gasteiger partial charge on any atom is -0.481 e. The second-order valence-corrected chi connectivity index (χ2v) is 6.01. The molecule has 0 aliphatic heterocycles. The molecular weight excluding hydrogens is 378 g/mol. The van der Waals surface area contributed by atoms with Crippen LogP contribution in [0.15, 0.2) is 53.5 Å². The number of aryl methyl sites for hydroxylation is 1. The second-order valence-electron chi connectivity index (χ2n) is 6.01. The Balaban J connectivity index is 1.95. The van der Waals surface area contributed by atoms with E-state index in [9.17, 15) is 19.7 Å². The number of pyridine rings is 1.